The van der Waals surface area contributed by atoms with Gasteiger partial charge in [-0.05, 0) is 42.4 Å². The summed E-state index contributed by atoms with van der Waals surface area (Å²) in [4.78, 5) is 0. The molecule has 0 N–H and O–H groups in total. The van der Waals surface area contributed by atoms with Crippen molar-refractivity contribution >= 4 is 0 Å². The van der Waals surface area contributed by atoms with Gasteiger partial charge in [-0.2, -0.15) is 17.6 Å². The van der Waals surface area contributed by atoms with E-state index in [-0.39, 0.29) is 5.75 Å². The van der Waals surface area contributed by atoms with Crippen LogP contribution in [0.15, 0.2) is 24.3 Å². The predicted octanol–water partition coefficient (Wildman–Crippen LogP) is 7.24. The first-order valence-electron chi connectivity index (χ1n) is 9.84. The van der Waals surface area contributed by atoms with Gasteiger partial charge < -0.3 is 4.74 Å². The molecule has 0 aromatic heterocycles. The van der Waals surface area contributed by atoms with Crippen molar-refractivity contribution in [3.05, 3.63) is 29.8 Å². The number of benzene rings is 1. The summed E-state index contributed by atoms with van der Waals surface area (Å²) in [6.07, 6.45) is 4.23. The van der Waals surface area contributed by atoms with Gasteiger partial charge in [-0.25, -0.2) is 0 Å². The van der Waals surface area contributed by atoms with E-state index >= 15 is 0 Å². The number of alkyl halides is 4. The van der Waals surface area contributed by atoms with E-state index in [1.807, 2.05) is 0 Å². The normalized spacial score (nSPS) is 21.2. The molecule has 1 aromatic rings. The molecule has 0 bridgehead atoms. The first-order valence-corrected chi connectivity index (χ1v) is 9.84. The Morgan fingerprint density at radius 2 is 1.54 bits per heavy atom. The minimum absolute atomic E-state index is 0.230. The Balaban J connectivity index is 1.70. The first-order chi connectivity index (χ1) is 12.4. The molecule has 148 valence electrons. The average Bonchev–Trinajstić information content (AvgIpc) is 2.62. The summed E-state index contributed by atoms with van der Waals surface area (Å²) in [5.74, 6) is 1.40. The van der Waals surface area contributed by atoms with E-state index in [0.29, 0.717) is 0 Å². The lowest BCUT2D eigenvalue weighted by Crippen LogP contribution is -2.33. The first kappa shape index (κ1) is 21.0. The van der Waals surface area contributed by atoms with Crippen molar-refractivity contribution in [1.29, 1.82) is 0 Å². The van der Waals surface area contributed by atoms with E-state index < -0.39 is 12.5 Å². The maximum absolute atomic E-state index is 12.9. The second kappa shape index (κ2) is 10.2. The van der Waals surface area contributed by atoms with Gasteiger partial charge in [-0.1, -0.05) is 70.4 Å². The van der Waals surface area contributed by atoms with Crippen molar-refractivity contribution in [1.82, 2.24) is 0 Å². The summed E-state index contributed by atoms with van der Waals surface area (Å²) in [5, 5.41) is 0. The molecule has 1 aliphatic rings. The number of rotatable bonds is 10. The van der Waals surface area contributed by atoms with Gasteiger partial charge in [0.1, 0.15) is 5.75 Å². The average molecular weight is 374 g/mol. The smallest absolute Gasteiger partial charge is 0.428 e. The van der Waals surface area contributed by atoms with Crippen LogP contribution < -0.4 is 4.74 Å². The lowest BCUT2D eigenvalue weighted by molar-refractivity contribution is -0.253. The highest BCUT2D eigenvalue weighted by atomic mass is 19.3. The van der Waals surface area contributed by atoms with E-state index in [1.165, 1.54) is 63.5 Å². The molecule has 1 saturated carbocycles. The molecule has 0 saturated heterocycles. The van der Waals surface area contributed by atoms with Gasteiger partial charge in [0.05, 0.1) is 0 Å². The van der Waals surface area contributed by atoms with Gasteiger partial charge in [-0.15, -0.1) is 0 Å². The third kappa shape index (κ3) is 6.81. The highest BCUT2D eigenvalue weighted by Crippen LogP contribution is 2.34. The fraction of sp³-hybridized carbons (Fsp3) is 0.714. The SMILES string of the molecule is CCCCCC1CCC(CCc2ccc(OC(F)(F)C(F)F)cc2)CC1. The van der Waals surface area contributed by atoms with E-state index in [9.17, 15) is 17.6 Å². The minimum atomic E-state index is -4.45. The summed E-state index contributed by atoms with van der Waals surface area (Å²) >= 11 is 0. The van der Waals surface area contributed by atoms with Gasteiger partial charge in [-0.3, -0.25) is 0 Å². The molecule has 0 unspecified atom stereocenters. The summed E-state index contributed by atoms with van der Waals surface area (Å²) in [7, 11) is 0. The van der Waals surface area contributed by atoms with Gasteiger partial charge in [0.15, 0.2) is 0 Å². The molecule has 1 nitrogen and oxygen atoms in total. The van der Waals surface area contributed by atoms with Crippen LogP contribution in [0.25, 0.3) is 0 Å². The zero-order valence-electron chi connectivity index (χ0n) is 15.5. The minimum Gasteiger partial charge on any atom is -0.428 e. The van der Waals surface area contributed by atoms with Gasteiger partial charge in [0, 0.05) is 0 Å². The quantitative estimate of drug-likeness (QED) is 0.310. The second-order valence-corrected chi connectivity index (χ2v) is 7.53. The van der Waals surface area contributed by atoms with Crippen LogP contribution in [0.4, 0.5) is 17.6 Å². The third-order valence-electron chi connectivity index (χ3n) is 5.45. The van der Waals surface area contributed by atoms with Gasteiger partial charge in [0.25, 0.3) is 0 Å². The number of unbranched alkanes of at least 4 members (excludes halogenated alkanes) is 2. The van der Waals surface area contributed by atoms with Crippen molar-refractivity contribution in [2.75, 3.05) is 0 Å². The maximum Gasteiger partial charge on any atom is 0.461 e. The standard InChI is InChI=1S/C21H30F4O/c1-2-3-4-5-16-6-8-17(9-7-16)10-11-18-12-14-19(15-13-18)26-21(24,25)20(22)23/h12-17,20H,2-11H2,1H3. The van der Waals surface area contributed by atoms with Gasteiger partial charge in [0.2, 0.25) is 0 Å². The number of ether oxygens (including phenoxy) is 1. The molecule has 0 heterocycles. The fourth-order valence-corrected chi connectivity index (χ4v) is 3.79. The topological polar surface area (TPSA) is 9.23 Å². The maximum atomic E-state index is 12.9. The molecule has 1 aliphatic carbocycles. The number of halogens is 4. The molecule has 5 heteroatoms. The Labute approximate surface area is 154 Å². The Bertz CT molecular complexity index is 507. The highest BCUT2D eigenvalue weighted by molar-refractivity contribution is 5.27. The number of hydrogen-bond acceptors (Lipinski definition) is 1. The summed E-state index contributed by atoms with van der Waals surface area (Å²) in [6.45, 7) is 2.24. The van der Waals surface area contributed by atoms with E-state index in [2.05, 4.69) is 11.7 Å². The molecule has 0 aliphatic heterocycles. The molecule has 0 radical (unpaired) electrons. The second-order valence-electron chi connectivity index (χ2n) is 7.53. The molecule has 2 rings (SSSR count). The Morgan fingerprint density at radius 1 is 0.962 bits per heavy atom. The monoisotopic (exact) mass is 374 g/mol. The van der Waals surface area contributed by atoms with Crippen LogP contribution >= 0.6 is 0 Å². The van der Waals surface area contributed by atoms with Crippen LogP contribution in [0.1, 0.15) is 70.3 Å². The van der Waals surface area contributed by atoms with Crippen LogP contribution in [0.3, 0.4) is 0 Å². The summed E-state index contributed by atoms with van der Waals surface area (Å²) < 4.78 is 54.1. The van der Waals surface area contributed by atoms with E-state index in [4.69, 9.17) is 0 Å². The molecular weight excluding hydrogens is 344 g/mol. The summed E-state index contributed by atoms with van der Waals surface area (Å²) in [5.41, 5.74) is 1.03. The molecule has 0 atom stereocenters. The van der Waals surface area contributed by atoms with Gasteiger partial charge >= 0.3 is 12.5 Å². The zero-order chi connectivity index (χ0) is 19.0. The van der Waals surface area contributed by atoms with Crippen molar-refractivity contribution in [2.45, 2.75) is 83.7 Å². The third-order valence-corrected chi connectivity index (χ3v) is 5.45. The summed E-state index contributed by atoms with van der Waals surface area (Å²) in [6, 6.07) is 6.06. The van der Waals surface area contributed by atoms with Crippen molar-refractivity contribution in [3.8, 4) is 5.75 Å². The molecule has 1 aromatic carbocycles. The van der Waals surface area contributed by atoms with Crippen LogP contribution in [0, 0.1) is 11.8 Å². The fourth-order valence-electron chi connectivity index (χ4n) is 3.79. The van der Waals surface area contributed by atoms with E-state index in [1.54, 1.807) is 12.1 Å². The Hall–Kier alpha value is -1.26. The lowest BCUT2D eigenvalue weighted by atomic mass is 9.78. The lowest BCUT2D eigenvalue weighted by Gasteiger charge is -2.28. The van der Waals surface area contributed by atoms with Crippen LogP contribution in [0.2, 0.25) is 0 Å². The molecule has 0 spiro atoms. The molecule has 26 heavy (non-hydrogen) atoms. The Morgan fingerprint density at radius 3 is 2.08 bits per heavy atom. The predicted molar refractivity (Wildman–Crippen MR) is 95.9 cm³/mol. The number of aryl methyl sites for hydroxylation is 1. The zero-order valence-corrected chi connectivity index (χ0v) is 15.5. The molecule has 1 fully saturated rings. The molecule has 0 amide bonds. The van der Waals surface area contributed by atoms with Crippen LogP contribution in [-0.2, 0) is 6.42 Å². The van der Waals surface area contributed by atoms with E-state index in [0.717, 1.165) is 30.2 Å². The highest BCUT2D eigenvalue weighted by Gasteiger charge is 2.43. The van der Waals surface area contributed by atoms with Crippen molar-refractivity contribution in [3.63, 3.8) is 0 Å². The van der Waals surface area contributed by atoms with Crippen molar-refractivity contribution < 1.29 is 22.3 Å². The number of hydrogen-bond donors (Lipinski definition) is 0. The molecular formula is C21H30F4O. The van der Waals surface area contributed by atoms with Crippen molar-refractivity contribution in [2.24, 2.45) is 11.8 Å². The Kier molecular flexibility index (Phi) is 8.23. The van der Waals surface area contributed by atoms with Crippen LogP contribution in [0.5, 0.6) is 5.75 Å². The largest absolute Gasteiger partial charge is 0.461 e. The van der Waals surface area contributed by atoms with Crippen LogP contribution in [-0.4, -0.2) is 12.5 Å².